The maximum Gasteiger partial charge on any atom is 0.271 e. The number of hydrazone groups is 1. The number of carbonyl (C=O) groups excluding carboxylic acids is 1. The van der Waals surface area contributed by atoms with Crippen LogP contribution in [0.5, 0.6) is 0 Å². The van der Waals surface area contributed by atoms with Crippen molar-refractivity contribution in [2.24, 2.45) is 5.10 Å². The van der Waals surface area contributed by atoms with Crippen LogP contribution in [0.3, 0.4) is 0 Å². The smallest absolute Gasteiger partial charge is 0.271 e. The van der Waals surface area contributed by atoms with Crippen molar-refractivity contribution >= 4 is 23.5 Å². The van der Waals surface area contributed by atoms with Gasteiger partial charge in [-0.3, -0.25) is 14.9 Å². The number of hydrogen-bond donors (Lipinski definition) is 1. The Hall–Kier alpha value is -4.00. The number of nitro benzene ring substituents is 1. The Morgan fingerprint density at radius 2 is 1.68 bits per heavy atom. The van der Waals surface area contributed by atoms with Gasteiger partial charge in [0.2, 0.25) is 0 Å². The zero-order valence-electron chi connectivity index (χ0n) is 17.3. The zero-order valence-corrected chi connectivity index (χ0v) is 17.3. The minimum Gasteiger partial charge on any atom is -0.363 e. The van der Waals surface area contributed by atoms with E-state index in [4.69, 9.17) is 0 Å². The molecule has 1 aliphatic rings. The van der Waals surface area contributed by atoms with Crippen molar-refractivity contribution in [1.29, 1.82) is 0 Å². The van der Waals surface area contributed by atoms with Crippen LogP contribution < -0.4 is 10.3 Å². The highest BCUT2D eigenvalue weighted by Gasteiger charge is 2.20. The first-order chi connectivity index (χ1) is 14.9. The zero-order chi connectivity index (χ0) is 22.0. The van der Waals surface area contributed by atoms with Crippen LogP contribution >= 0.6 is 0 Å². The van der Waals surface area contributed by atoms with Crippen molar-refractivity contribution in [3.05, 3.63) is 104 Å². The topological polar surface area (TPSA) is 87.8 Å². The number of rotatable bonds is 5. The van der Waals surface area contributed by atoms with Gasteiger partial charge < -0.3 is 4.90 Å². The second-order valence-corrected chi connectivity index (χ2v) is 7.66. The average molecular weight is 414 g/mol. The maximum atomic E-state index is 12.1. The Morgan fingerprint density at radius 1 is 1.03 bits per heavy atom. The molecule has 0 saturated carbocycles. The van der Waals surface area contributed by atoms with Crippen molar-refractivity contribution in [3.63, 3.8) is 0 Å². The summed E-state index contributed by atoms with van der Waals surface area (Å²) in [7, 11) is 0. The molecule has 156 valence electrons. The van der Waals surface area contributed by atoms with Gasteiger partial charge >= 0.3 is 0 Å². The first-order valence-corrected chi connectivity index (χ1v) is 9.92. The molecule has 1 heterocycles. The highest BCUT2D eigenvalue weighted by atomic mass is 16.6. The average Bonchev–Trinajstić information content (AvgIpc) is 3.17. The van der Waals surface area contributed by atoms with Crippen molar-refractivity contribution < 1.29 is 9.72 Å². The molecule has 3 aromatic carbocycles. The van der Waals surface area contributed by atoms with Crippen LogP contribution in [-0.2, 0) is 13.1 Å². The number of nitro groups is 1. The molecule has 0 unspecified atom stereocenters. The van der Waals surface area contributed by atoms with Crippen LogP contribution in [0.15, 0.2) is 65.8 Å². The predicted octanol–water partition coefficient (Wildman–Crippen LogP) is 4.50. The molecule has 0 saturated heterocycles. The molecular weight excluding hydrogens is 392 g/mol. The van der Waals surface area contributed by atoms with E-state index in [-0.39, 0.29) is 11.3 Å². The number of nitrogens with zero attached hydrogens (tertiary/aromatic N) is 3. The lowest BCUT2D eigenvalue weighted by Crippen LogP contribution is -2.17. The summed E-state index contributed by atoms with van der Waals surface area (Å²) in [6.07, 6.45) is 1.55. The molecule has 0 aromatic heterocycles. The standard InChI is InChI=1S/C24H22N4O3/c1-16-10-20-14-27(15-21(20)11-17(16)2)22-8-6-18(7-9-22)13-25-26-24(29)19-4-3-5-23(12-19)28(30)31/h3-13H,14-15H2,1-2H3,(H,26,29)/b25-13-. The second kappa shape index (κ2) is 8.39. The summed E-state index contributed by atoms with van der Waals surface area (Å²) in [5.41, 5.74) is 9.80. The molecule has 7 nitrogen and oxygen atoms in total. The summed E-state index contributed by atoms with van der Waals surface area (Å²) < 4.78 is 0. The minimum atomic E-state index is -0.539. The number of hydrogen-bond acceptors (Lipinski definition) is 5. The summed E-state index contributed by atoms with van der Waals surface area (Å²) in [5.74, 6) is -0.503. The Kier molecular flexibility index (Phi) is 5.49. The molecule has 0 aliphatic carbocycles. The molecular formula is C24H22N4O3. The van der Waals surface area contributed by atoms with E-state index >= 15 is 0 Å². The van der Waals surface area contributed by atoms with Crippen molar-refractivity contribution in [3.8, 4) is 0 Å². The number of nitrogens with one attached hydrogen (secondary N) is 1. The van der Waals surface area contributed by atoms with Gasteiger partial charge in [0.25, 0.3) is 11.6 Å². The Morgan fingerprint density at radius 3 is 2.29 bits per heavy atom. The number of carbonyl (C=O) groups is 1. The number of aryl methyl sites for hydroxylation is 2. The summed E-state index contributed by atoms with van der Waals surface area (Å²) >= 11 is 0. The minimum absolute atomic E-state index is 0.137. The number of anilines is 1. The predicted molar refractivity (Wildman–Crippen MR) is 120 cm³/mol. The van der Waals surface area contributed by atoms with Gasteiger partial charge in [-0.25, -0.2) is 5.43 Å². The third-order valence-corrected chi connectivity index (χ3v) is 5.50. The highest BCUT2D eigenvalue weighted by molar-refractivity contribution is 5.95. The highest BCUT2D eigenvalue weighted by Crippen LogP contribution is 2.30. The quantitative estimate of drug-likeness (QED) is 0.378. The Balaban J connectivity index is 1.38. The summed E-state index contributed by atoms with van der Waals surface area (Å²) in [6, 6.07) is 18.0. The van der Waals surface area contributed by atoms with Gasteiger partial charge in [0.05, 0.1) is 11.1 Å². The van der Waals surface area contributed by atoms with E-state index in [9.17, 15) is 14.9 Å². The third-order valence-electron chi connectivity index (χ3n) is 5.50. The van der Waals surface area contributed by atoms with Gasteiger partial charge in [0.15, 0.2) is 0 Å². The van der Waals surface area contributed by atoms with E-state index in [1.807, 2.05) is 24.3 Å². The molecule has 0 atom stereocenters. The summed E-state index contributed by atoms with van der Waals surface area (Å²) in [4.78, 5) is 24.8. The molecule has 1 N–H and O–H groups in total. The summed E-state index contributed by atoms with van der Waals surface area (Å²) in [5, 5.41) is 14.8. The molecule has 3 aromatic rings. The molecule has 31 heavy (non-hydrogen) atoms. The van der Waals surface area contributed by atoms with Gasteiger partial charge in [-0.1, -0.05) is 30.3 Å². The molecule has 0 radical (unpaired) electrons. The Bertz CT molecular complexity index is 1150. The van der Waals surface area contributed by atoms with E-state index in [1.54, 1.807) is 6.21 Å². The molecule has 0 spiro atoms. The lowest BCUT2D eigenvalue weighted by molar-refractivity contribution is -0.384. The number of benzene rings is 3. The fraction of sp³-hybridized carbons (Fsp3) is 0.167. The van der Waals surface area contributed by atoms with E-state index < -0.39 is 10.8 Å². The fourth-order valence-corrected chi connectivity index (χ4v) is 3.64. The first-order valence-electron chi connectivity index (χ1n) is 9.92. The molecule has 1 aliphatic heterocycles. The molecule has 0 fully saturated rings. The van der Waals surface area contributed by atoms with E-state index in [2.05, 4.69) is 41.4 Å². The van der Waals surface area contributed by atoms with Gasteiger partial charge in [-0.05, 0) is 59.9 Å². The number of non-ortho nitro benzene ring substituents is 1. The number of fused-ring (bicyclic) bond motifs is 1. The molecule has 1 amide bonds. The van der Waals surface area contributed by atoms with Crippen LogP contribution in [0.2, 0.25) is 0 Å². The fourth-order valence-electron chi connectivity index (χ4n) is 3.64. The molecule has 0 bridgehead atoms. The lowest BCUT2D eigenvalue weighted by Gasteiger charge is -2.17. The van der Waals surface area contributed by atoms with Crippen LogP contribution in [0, 0.1) is 24.0 Å². The lowest BCUT2D eigenvalue weighted by atomic mass is 10.0. The third kappa shape index (κ3) is 4.45. The van der Waals surface area contributed by atoms with Gasteiger partial charge in [-0.15, -0.1) is 0 Å². The Labute approximate surface area is 180 Å². The van der Waals surface area contributed by atoms with Crippen LogP contribution in [0.25, 0.3) is 0 Å². The van der Waals surface area contributed by atoms with E-state index in [1.165, 1.54) is 46.5 Å². The van der Waals surface area contributed by atoms with E-state index in [0.717, 1.165) is 24.3 Å². The summed E-state index contributed by atoms with van der Waals surface area (Å²) in [6.45, 7) is 6.07. The van der Waals surface area contributed by atoms with Crippen LogP contribution in [0.4, 0.5) is 11.4 Å². The van der Waals surface area contributed by atoms with Crippen molar-refractivity contribution in [1.82, 2.24) is 5.43 Å². The monoisotopic (exact) mass is 414 g/mol. The largest absolute Gasteiger partial charge is 0.363 e. The number of amides is 1. The normalized spacial score (nSPS) is 12.8. The second-order valence-electron chi connectivity index (χ2n) is 7.66. The molecule has 7 heteroatoms. The van der Waals surface area contributed by atoms with Gasteiger partial charge in [0.1, 0.15) is 0 Å². The van der Waals surface area contributed by atoms with Crippen LogP contribution in [0.1, 0.15) is 38.2 Å². The van der Waals surface area contributed by atoms with Crippen LogP contribution in [-0.4, -0.2) is 17.0 Å². The van der Waals surface area contributed by atoms with Crippen molar-refractivity contribution in [2.45, 2.75) is 26.9 Å². The molecule has 4 rings (SSSR count). The van der Waals surface area contributed by atoms with Gasteiger partial charge in [0, 0.05) is 36.5 Å². The van der Waals surface area contributed by atoms with Crippen molar-refractivity contribution in [2.75, 3.05) is 4.90 Å². The van der Waals surface area contributed by atoms with Gasteiger partial charge in [-0.2, -0.15) is 5.10 Å². The SMILES string of the molecule is Cc1cc2c(cc1C)CN(c1ccc(/C=N\NC(=O)c3cccc([N+](=O)[O-])c3)cc1)C2. The maximum absolute atomic E-state index is 12.1. The first kappa shape index (κ1) is 20.3. The van der Waals surface area contributed by atoms with E-state index in [0.29, 0.717) is 0 Å².